The lowest BCUT2D eigenvalue weighted by Crippen LogP contribution is -3.00. The number of halogens is 1. The van der Waals surface area contributed by atoms with Crippen molar-refractivity contribution in [3.63, 3.8) is 0 Å². The Hall–Kier alpha value is -2.12. The number of nitrogens with one attached hydrogen (secondary N) is 2. The van der Waals surface area contributed by atoms with Crippen LogP contribution in [0, 0.1) is 5.41 Å². The number of rotatable bonds is 5. The third kappa shape index (κ3) is 7.28. The summed E-state index contributed by atoms with van der Waals surface area (Å²) >= 11 is 0. The highest BCUT2D eigenvalue weighted by Gasteiger charge is 2.05. The topological polar surface area (TPSA) is 134 Å². The van der Waals surface area contributed by atoms with E-state index in [0.29, 0.717) is 17.8 Å². The van der Waals surface area contributed by atoms with Crippen molar-refractivity contribution in [1.82, 2.24) is 5.32 Å². The molecule has 0 aliphatic heterocycles. The lowest BCUT2D eigenvalue weighted by molar-refractivity contribution is -0.413. The number of carbonyl (C=O) groups excluding carboxylic acids is 1. The SMILES string of the molecule is CCCCNC(=O)c1ccc(N=C(N)[NH2+]C(=N)N)cc1.[Cl-]. The molecule has 1 amide bonds. The number of aliphatic imine (C=N–C) groups is 1. The summed E-state index contributed by atoms with van der Waals surface area (Å²) in [5.74, 6) is -0.104. The molecule has 1 aromatic carbocycles. The fourth-order valence-corrected chi connectivity index (χ4v) is 1.51. The first-order valence-corrected chi connectivity index (χ1v) is 6.44. The number of carbonyl (C=O) groups is 1. The summed E-state index contributed by atoms with van der Waals surface area (Å²) in [7, 11) is 0. The highest BCUT2D eigenvalue weighted by atomic mass is 35.5. The van der Waals surface area contributed by atoms with Crippen LogP contribution in [0.1, 0.15) is 30.1 Å². The Morgan fingerprint density at radius 1 is 1.33 bits per heavy atom. The number of nitrogens with zero attached hydrogens (tertiary/aromatic N) is 1. The summed E-state index contributed by atoms with van der Waals surface area (Å²) in [6.45, 7) is 2.75. The van der Waals surface area contributed by atoms with E-state index in [1.54, 1.807) is 24.3 Å². The Morgan fingerprint density at radius 2 is 1.95 bits per heavy atom. The zero-order valence-electron chi connectivity index (χ0n) is 11.9. The van der Waals surface area contributed by atoms with Gasteiger partial charge in [0, 0.05) is 12.1 Å². The molecule has 21 heavy (non-hydrogen) atoms. The van der Waals surface area contributed by atoms with E-state index in [0.717, 1.165) is 12.8 Å². The molecule has 0 spiro atoms. The summed E-state index contributed by atoms with van der Waals surface area (Å²) in [6, 6.07) is 6.74. The van der Waals surface area contributed by atoms with Crippen LogP contribution >= 0.6 is 0 Å². The minimum absolute atomic E-state index is 0. The van der Waals surface area contributed by atoms with Gasteiger partial charge in [-0.25, -0.2) is 10.7 Å². The lowest BCUT2D eigenvalue weighted by Gasteiger charge is -2.04. The van der Waals surface area contributed by atoms with Crippen molar-refractivity contribution in [2.45, 2.75) is 19.8 Å². The third-order valence-electron chi connectivity index (χ3n) is 2.51. The predicted octanol–water partition coefficient (Wildman–Crippen LogP) is -3.38. The third-order valence-corrected chi connectivity index (χ3v) is 2.51. The van der Waals surface area contributed by atoms with Crippen LogP contribution in [0.3, 0.4) is 0 Å². The molecular formula is C13H21ClN6O. The van der Waals surface area contributed by atoms with Crippen molar-refractivity contribution in [3.05, 3.63) is 29.8 Å². The molecule has 1 aromatic rings. The van der Waals surface area contributed by atoms with Gasteiger partial charge in [-0.05, 0) is 30.7 Å². The van der Waals surface area contributed by atoms with E-state index in [2.05, 4.69) is 17.2 Å². The summed E-state index contributed by atoms with van der Waals surface area (Å²) in [5.41, 5.74) is 11.9. The van der Waals surface area contributed by atoms with Gasteiger partial charge in [0.15, 0.2) is 0 Å². The number of quaternary nitrogens is 1. The van der Waals surface area contributed by atoms with Gasteiger partial charge >= 0.3 is 5.96 Å². The van der Waals surface area contributed by atoms with Gasteiger partial charge in [-0.15, -0.1) is 0 Å². The summed E-state index contributed by atoms with van der Waals surface area (Å²) in [6.07, 6.45) is 2.01. The Balaban J connectivity index is 0.00000400. The molecule has 0 radical (unpaired) electrons. The van der Waals surface area contributed by atoms with Gasteiger partial charge in [-0.2, -0.15) is 4.99 Å². The maximum absolute atomic E-state index is 11.8. The number of benzene rings is 1. The molecule has 0 aliphatic carbocycles. The van der Waals surface area contributed by atoms with Gasteiger partial charge in [0.2, 0.25) is 0 Å². The van der Waals surface area contributed by atoms with Crippen molar-refractivity contribution < 1.29 is 22.5 Å². The van der Waals surface area contributed by atoms with Crippen LogP contribution < -0.4 is 34.5 Å². The fourth-order valence-electron chi connectivity index (χ4n) is 1.51. The van der Waals surface area contributed by atoms with Crippen molar-refractivity contribution in [2.24, 2.45) is 16.5 Å². The molecule has 8 N–H and O–H groups in total. The Labute approximate surface area is 130 Å². The summed E-state index contributed by atoms with van der Waals surface area (Å²) < 4.78 is 0. The van der Waals surface area contributed by atoms with Crippen molar-refractivity contribution >= 4 is 23.5 Å². The van der Waals surface area contributed by atoms with Crippen LogP contribution in [0.4, 0.5) is 5.69 Å². The van der Waals surface area contributed by atoms with Gasteiger partial charge < -0.3 is 29.2 Å². The van der Waals surface area contributed by atoms with E-state index >= 15 is 0 Å². The average Bonchev–Trinajstić information content (AvgIpc) is 2.38. The Bertz CT molecular complexity index is 500. The molecular weight excluding hydrogens is 292 g/mol. The van der Waals surface area contributed by atoms with Crippen LogP contribution in [0.2, 0.25) is 0 Å². The van der Waals surface area contributed by atoms with Gasteiger partial charge in [0.05, 0.1) is 5.69 Å². The van der Waals surface area contributed by atoms with Crippen molar-refractivity contribution in [2.75, 3.05) is 6.54 Å². The van der Waals surface area contributed by atoms with Gasteiger partial charge in [0.1, 0.15) is 0 Å². The number of guanidine groups is 2. The number of hydrogen-bond donors (Lipinski definition) is 5. The Kier molecular flexibility index (Phi) is 8.75. The minimum Gasteiger partial charge on any atom is -1.00 e. The highest BCUT2D eigenvalue weighted by Crippen LogP contribution is 2.12. The molecule has 116 valence electrons. The van der Waals surface area contributed by atoms with E-state index in [1.165, 1.54) is 5.32 Å². The molecule has 8 heteroatoms. The summed E-state index contributed by atoms with van der Waals surface area (Å²) in [4.78, 5) is 15.8. The second-order valence-corrected chi connectivity index (χ2v) is 4.29. The molecule has 0 saturated heterocycles. The molecule has 0 fully saturated rings. The highest BCUT2D eigenvalue weighted by molar-refractivity contribution is 5.94. The quantitative estimate of drug-likeness (QED) is 0.221. The largest absolute Gasteiger partial charge is 1.00 e. The molecule has 0 saturated carbocycles. The molecule has 1 rings (SSSR count). The molecule has 0 heterocycles. The zero-order valence-corrected chi connectivity index (χ0v) is 12.7. The normalized spacial score (nSPS) is 10.6. The smallest absolute Gasteiger partial charge is 0.304 e. The maximum Gasteiger partial charge on any atom is 0.304 e. The number of amides is 1. The van der Waals surface area contributed by atoms with E-state index in [9.17, 15) is 4.79 Å². The van der Waals surface area contributed by atoms with Crippen molar-refractivity contribution in [3.8, 4) is 0 Å². The first kappa shape index (κ1) is 18.9. The van der Waals surface area contributed by atoms with Gasteiger partial charge in [-0.3, -0.25) is 4.79 Å². The standard InChI is InChI=1S/C13H20N6O.ClH/c1-2-3-8-17-11(20)9-4-6-10(7-5-9)18-13(16)19-12(14)15;/h4-7H,2-3,8H2,1H3,(H,17,20)(H6,14,15,16,18,19);1H. The van der Waals surface area contributed by atoms with E-state index < -0.39 is 0 Å². The fraction of sp³-hybridized carbons (Fsp3) is 0.308. The monoisotopic (exact) mass is 312 g/mol. The molecule has 0 bridgehead atoms. The average molecular weight is 313 g/mol. The van der Waals surface area contributed by atoms with Crippen LogP contribution in [-0.2, 0) is 0 Å². The molecule has 0 aromatic heterocycles. The molecule has 0 unspecified atom stereocenters. The van der Waals surface area contributed by atoms with Gasteiger partial charge in [0.25, 0.3) is 11.9 Å². The van der Waals surface area contributed by atoms with E-state index in [4.69, 9.17) is 16.9 Å². The van der Waals surface area contributed by atoms with Crippen LogP contribution in [0.25, 0.3) is 0 Å². The summed E-state index contributed by atoms with van der Waals surface area (Å²) in [5, 5.41) is 11.2. The first-order valence-electron chi connectivity index (χ1n) is 6.44. The number of unbranched alkanes of at least 4 members (excludes halogenated alkanes) is 1. The van der Waals surface area contributed by atoms with Crippen LogP contribution in [0.15, 0.2) is 29.3 Å². The minimum atomic E-state index is -0.154. The Morgan fingerprint density at radius 3 is 2.48 bits per heavy atom. The maximum atomic E-state index is 11.8. The number of hydrogen-bond acceptors (Lipinski definition) is 3. The lowest BCUT2D eigenvalue weighted by atomic mass is 10.2. The number of nitrogens with two attached hydrogens (primary N) is 3. The van der Waals surface area contributed by atoms with Gasteiger partial charge in [-0.1, -0.05) is 13.3 Å². The van der Waals surface area contributed by atoms with Crippen molar-refractivity contribution in [1.29, 1.82) is 5.41 Å². The molecule has 0 aliphatic rings. The molecule has 7 nitrogen and oxygen atoms in total. The second kappa shape index (κ2) is 9.73. The van der Waals surface area contributed by atoms with Crippen LogP contribution in [-0.4, -0.2) is 24.4 Å². The molecule has 0 atom stereocenters. The van der Waals surface area contributed by atoms with E-state index in [-0.39, 0.29) is 30.2 Å². The zero-order chi connectivity index (χ0) is 15.0. The second-order valence-electron chi connectivity index (χ2n) is 4.29. The first-order chi connectivity index (χ1) is 9.52. The van der Waals surface area contributed by atoms with Crippen LogP contribution in [0.5, 0.6) is 0 Å². The predicted molar refractivity (Wildman–Crippen MR) is 78.8 cm³/mol. The van der Waals surface area contributed by atoms with E-state index in [1.807, 2.05) is 0 Å².